The van der Waals surface area contributed by atoms with Crippen LogP contribution in [0.3, 0.4) is 0 Å². The van der Waals surface area contributed by atoms with Crippen molar-refractivity contribution in [2.75, 3.05) is 18.8 Å². The van der Waals surface area contributed by atoms with E-state index in [0.717, 1.165) is 14.9 Å². The number of nitrogens with zero attached hydrogens (tertiary/aromatic N) is 2. The first-order valence-corrected chi connectivity index (χ1v) is 7.86. The molecule has 0 radical (unpaired) electrons. The van der Waals surface area contributed by atoms with Gasteiger partial charge in [-0.05, 0) is 20.8 Å². The number of aromatic nitrogens is 1. The zero-order valence-electron chi connectivity index (χ0n) is 11.3. The summed E-state index contributed by atoms with van der Waals surface area (Å²) in [4.78, 5) is 29.3. The minimum atomic E-state index is -0.859. The number of aryl methyl sites for hydroxylation is 1. The number of hydrogen-bond donors (Lipinski definition) is 1. The molecule has 0 saturated carbocycles. The first-order valence-electron chi connectivity index (χ1n) is 6.06. The molecule has 0 aliphatic heterocycles. The fraction of sp³-hybridized carbons (Fsp3) is 0.583. The van der Waals surface area contributed by atoms with Gasteiger partial charge in [0.05, 0.1) is 17.9 Å². The Balaban J connectivity index is 2.58. The van der Waals surface area contributed by atoms with Crippen LogP contribution in [-0.4, -0.2) is 45.7 Å². The molecule has 7 heteroatoms. The molecule has 106 valence electrons. The molecule has 5 nitrogen and oxygen atoms in total. The van der Waals surface area contributed by atoms with Crippen LogP contribution in [-0.2, 0) is 16.0 Å². The third kappa shape index (κ3) is 4.83. The highest BCUT2D eigenvalue weighted by atomic mass is 32.2. The van der Waals surface area contributed by atoms with Gasteiger partial charge in [0.1, 0.15) is 0 Å². The van der Waals surface area contributed by atoms with Crippen LogP contribution >= 0.6 is 23.1 Å². The molecular weight excluding hydrogens is 284 g/mol. The number of amides is 1. The maximum Gasteiger partial charge on any atom is 0.308 e. The number of hydrogen-bond acceptors (Lipinski definition) is 5. The van der Waals surface area contributed by atoms with Gasteiger partial charge in [-0.3, -0.25) is 9.59 Å². The quantitative estimate of drug-likeness (QED) is 0.781. The number of thioether (sulfide) groups is 1. The van der Waals surface area contributed by atoms with E-state index in [0.29, 0.717) is 18.8 Å². The van der Waals surface area contributed by atoms with Gasteiger partial charge in [0.2, 0.25) is 5.91 Å². The summed E-state index contributed by atoms with van der Waals surface area (Å²) in [6.45, 7) is 7.11. The smallest absolute Gasteiger partial charge is 0.308 e. The molecule has 1 N–H and O–H groups in total. The van der Waals surface area contributed by atoms with Crippen molar-refractivity contribution >= 4 is 35.0 Å². The summed E-state index contributed by atoms with van der Waals surface area (Å²) in [6, 6.07) is 0. The molecule has 1 rings (SSSR count). The molecule has 0 aliphatic carbocycles. The number of carbonyl (C=O) groups is 2. The Morgan fingerprint density at radius 2 is 2.00 bits per heavy atom. The zero-order chi connectivity index (χ0) is 14.4. The highest BCUT2D eigenvalue weighted by Crippen LogP contribution is 2.27. The SMILES string of the molecule is CCN(CC)C(=O)CSc1nc(C)c(CC(=O)O)s1. The van der Waals surface area contributed by atoms with Crippen molar-refractivity contribution < 1.29 is 14.7 Å². The summed E-state index contributed by atoms with van der Waals surface area (Å²) in [7, 11) is 0. The maximum absolute atomic E-state index is 11.8. The fourth-order valence-corrected chi connectivity index (χ4v) is 3.68. The van der Waals surface area contributed by atoms with Crippen molar-refractivity contribution in [1.29, 1.82) is 0 Å². The lowest BCUT2D eigenvalue weighted by atomic mass is 10.3. The molecule has 0 aliphatic rings. The van der Waals surface area contributed by atoms with Crippen LogP contribution in [0.2, 0.25) is 0 Å². The van der Waals surface area contributed by atoms with Crippen LogP contribution in [0, 0.1) is 6.92 Å². The summed E-state index contributed by atoms with van der Waals surface area (Å²) in [5.41, 5.74) is 0.741. The lowest BCUT2D eigenvalue weighted by molar-refractivity contribution is -0.136. The highest BCUT2D eigenvalue weighted by molar-refractivity contribution is 8.01. The summed E-state index contributed by atoms with van der Waals surface area (Å²) in [5.74, 6) is -0.425. The molecule has 0 aromatic carbocycles. The van der Waals surface area contributed by atoms with Crippen LogP contribution in [0.1, 0.15) is 24.4 Å². The Morgan fingerprint density at radius 1 is 1.37 bits per heavy atom. The van der Waals surface area contributed by atoms with E-state index in [9.17, 15) is 9.59 Å². The van der Waals surface area contributed by atoms with Crippen LogP contribution in [0.5, 0.6) is 0 Å². The zero-order valence-corrected chi connectivity index (χ0v) is 12.9. The van der Waals surface area contributed by atoms with E-state index in [4.69, 9.17) is 5.11 Å². The third-order valence-electron chi connectivity index (χ3n) is 2.62. The summed E-state index contributed by atoms with van der Waals surface area (Å²) < 4.78 is 0.759. The lowest BCUT2D eigenvalue weighted by Crippen LogP contribution is -2.31. The van der Waals surface area contributed by atoms with E-state index < -0.39 is 5.97 Å². The number of aliphatic carboxylic acids is 1. The number of carboxylic acid groups (broad SMARTS) is 1. The molecule has 0 fully saturated rings. The van der Waals surface area contributed by atoms with Crippen molar-refractivity contribution in [2.45, 2.75) is 31.5 Å². The van der Waals surface area contributed by atoms with Gasteiger partial charge in [0, 0.05) is 18.0 Å². The van der Waals surface area contributed by atoms with Crippen LogP contribution in [0.4, 0.5) is 0 Å². The third-order valence-corrected chi connectivity index (χ3v) is 4.91. The molecule has 0 atom stereocenters. The largest absolute Gasteiger partial charge is 0.481 e. The van der Waals surface area contributed by atoms with E-state index in [1.165, 1.54) is 23.1 Å². The van der Waals surface area contributed by atoms with E-state index in [1.807, 2.05) is 13.8 Å². The molecule has 1 amide bonds. The van der Waals surface area contributed by atoms with Gasteiger partial charge in [-0.1, -0.05) is 11.8 Å². The molecule has 1 aromatic rings. The number of thiazole rings is 1. The van der Waals surface area contributed by atoms with Gasteiger partial charge < -0.3 is 10.0 Å². The topological polar surface area (TPSA) is 70.5 Å². The Morgan fingerprint density at radius 3 is 2.53 bits per heavy atom. The van der Waals surface area contributed by atoms with Crippen molar-refractivity contribution in [2.24, 2.45) is 0 Å². The molecule has 1 aromatic heterocycles. The summed E-state index contributed by atoms with van der Waals surface area (Å²) in [5, 5.41) is 8.77. The van der Waals surface area contributed by atoms with Crippen molar-refractivity contribution in [3.63, 3.8) is 0 Å². The second kappa shape index (κ2) is 7.49. The molecule has 0 saturated heterocycles. The maximum atomic E-state index is 11.8. The molecule has 1 heterocycles. The lowest BCUT2D eigenvalue weighted by Gasteiger charge is -2.17. The van der Waals surface area contributed by atoms with Crippen molar-refractivity contribution in [1.82, 2.24) is 9.88 Å². The first-order chi connectivity index (χ1) is 8.97. The normalized spacial score (nSPS) is 10.5. The average Bonchev–Trinajstić information content (AvgIpc) is 2.68. The van der Waals surface area contributed by atoms with Gasteiger partial charge in [0.25, 0.3) is 0 Å². The first kappa shape index (κ1) is 16.0. The van der Waals surface area contributed by atoms with Gasteiger partial charge >= 0.3 is 5.97 Å². The van der Waals surface area contributed by atoms with E-state index in [-0.39, 0.29) is 12.3 Å². The standard InChI is InChI=1S/C12H18N2O3S2/c1-4-14(5-2)10(15)7-18-12-13-8(3)9(19-12)6-11(16)17/h4-7H2,1-3H3,(H,16,17). The second-order valence-corrected chi connectivity index (χ2v) is 6.22. The van der Waals surface area contributed by atoms with Crippen LogP contribution in [0.15, 0.2) is 4.34 Å². The predicted molar refractivity (Wildman–Crippen MR) is 76.8 cm³/mol. The molecular formula is C12H18N2O3S2. The van der Waals surface area contributed by atoms with Gasteiger partial charge in [-0.2, -0.15) is 0 Å². The van der Waals surface area contributed by atoms with Crippen LogP contribution < -0.4 is 0 Å². The summed E-state index contributed by atoms with van der Waals surface area (Å²) in [6.07, 6.45) is -0.00590. The minimum Gasteiger partial charge on any atom is -0.481 e. The molecule has 0 spiro atoms. The van der Waals surface area contributed by atoms with Crippen LogP contribution in [0.25, 0.3) is 0 Å². The number of carbonyl (C=O) groups excluding carboxylic acids is 1. The average molecular weight is 302 g/mol. The van der Waals surface area contributed by atoms with Gasteiger partial charge in [-0.15, -0.1) is 11.3 Å². The Kier molecular flexibility index (Phi) is 6.30. The van der Waals surface area contributed by atoms with E-state index >= 15 is 0 Å². The predicted octanol–water partition coefficient (Wildman–Crippen LogP) is 2.04. The number of rotatable bonds is 7. The fourth-order valence-electron chi connectivity index (χ4n) is 1.56. The Bertz CT molecular complexity index is 456. The minimum absolute atomic E-state index is 0.00590. The van der Waals surface area contributed by atoms with Gasteiger partial charge in [-0.25, -0.2) is 4.98 Å². The molecule has 0 bridgehead atoms. The van der Waals surface area contributed by atoms with Gasteiger partial charge in [0.15, 0.2) is 4.34 Å². The molecule has 19 heavy (non-hydrogen) atoms. The van der Waals surface area contributed by atoms with E-state index in [1.54, 1.807) is 11.8 Å². The monoisotopic (exact) mass is 302 g/mol. The summed E-state index contributed by atoms with van der Waals surface area (Å²) >= 11 is 2.73. The molecule has 0 unspecified atom stereocenters. The Labute approximate surface area is 121 Å². The Hall–Kier alpha value is -1.08. The van der Waals surface area contributed by atoms with Crippen molar-refractivity contribution in [3.05, 3.63) is 10.6 Å². The number of carboxylic acids is 1. The van der Waals surface area contributed by atoms with Crippen molar-refractivity contribution in [3.8, 4) is 0 Å². The van der Waals surface area contributed by atoms with E-state index in [2.05, 4.69) is 4.98 Å². The second-order valence-electron chi connectivity index (χ2n) is 3.91. The highest BCUT2D eigenvalue weighted by Gasteiger charge is 2.14.